The molecular formula is C11H17NO. The molecule has 0 amide bonds. The Balaban J connectivity index is 2.76. The van der Waals surface area contributed by atoms with Gasteiger partial charge in [-0.15, -0.1) is 0 Å². The predicted octanol–water partition coefficient (Wildman–Crippen LogP) is 1.89. The Morgan fingerprint density at radius 1 is 1.31 bits per heavy atom. The van der Waals surface area contributed by atoms with Crippen LogP contribution in [0.3, 0.4) is 0 Å². The average Bonchev–Trinajstić information content (AvgIpc) is 2.14. The van der Waals surface area contributed by atoms with Crippen LogP contribution in [0.15, 0.2) is 18.2 Å². The van der Waals surface area contributed by atoms with Crippen LogP contribution in [0.2, 0.25) is 0 Å². The standard InChI is InChI=1S/C11H17NO/c1-3-10-6-9(2)7-11(8-10)13-5-4-12/h6-8H,3-5,12H2,1-2H3. The highest BCUT2D eigenvalue weighted by molar-refractivity contribution is 5.33. The van der Waals surface area contributed by atoms with E-state index in [2.05, 4.69) is 26.0 Å². The van der Waals surface area contributed by atoms with Crippen LogP contribution in [-0.4, -0.2) is 13.2 Å². The summed E-state index contributed by atoms with van der Waals surface area (Å²) >= 11 is 0. The van der Waals surface area contributed by atoms with Gasteiger partial charge in [-0.25, -0.2) is 0 Å². The molecule has 1 aromatic rings. The Kier molecular flexibility index (Phi) is 3.77. The maximum absolute atomic E-state index is 5.45. The first-order valence-corrected chi connectivity index (χ1v) is 4.69. The summed E-state index contributed by atoms with van der Waals surface area (Å²) in [4.78, 5) is 0. The lowest BCUT2D eigenvalue weighted by molar-refractivity contribution is 0.328. The fraction of sp³-hybridized carbons (Fsp3) is 0.455. The number of rotatable bonds is 4. The molecule has 0 aromatic heterocycles. The highest BCUT2D eigenvalue weighted by atomic mass is 16.5. The molecule has 0 radical (unpaired) electrons. The van der Waals surface area contributed by atoms with Crippen molar-refractivity contribution in [3.8, 4) is 5.75 Å². The van der Waals surface area contributed by atoms with Gasteiger partial charge in [-0.3, -0.25) is 0 Å². The van der Waals surface area contributed by atoms with Gasteiger partial charge in [-0.1, -0.05) is 13.0 Å². The summed E-state index contributed by atoms with van der Waals surface area (Å²) in [6, 6.07) is 6.28. The van der Waals surface area contributed by atoms with E-state index < -0.39 is 0 Å². The molecule has 2 nitrogen and oxygen atoms in total. The van der Waals surface area contributed by atoms with Crippen LogP contribution < -0.4 is 10.5 Å². The van der Waals surface area contributed by atoms with E-state index in [1.54, 1.807) is 0 Å². The lowest BCUT2D eigenvalue weighted by Gasteiger charge is -2.07. The number of ether oxygens (including phenoxy) is 1. The Hall–Kier alpha value is -1.02. The highest BCUT2D eigenvalue weighted by Crippen LogP contribution is 2.16. The zero-order valence-corrected chi connectivity index (χ0v) is 8.34. The third kappa shape index (κ3) is 3.07. The Morgan fingerprint density at radius 2 is 2.08 bits per heavy atom. The minimum atomic E-state index is 0.565. The molecular weight excluding hydrogens is 162 g/mol. The lowest BCUT2D eigenvalue weighted by Crippen LogP contribution is -2.10. The summed E-state index contributed by atoms with van der Waals surface area (Å²) in [5.41, 5.74) is 7.91. The molecule has 0 spiro atoms. The molecule has 0 unspecified atom stereocenters. The second-order valence-corrected chi connectivity index (χ2v) is 3.15. The van der Waals surface area contributed by atoms with E-state index in [9.17, 15) is 0 Å². The zero-order valence-electron chi connectivity index (χ0n) is 8.34. The van der Waals surface area contributed by atoms with E-state index >= 15 is 0 Å². The molecule has 2 N–H and O–H groups in total. The van der Waals surface area contributed by atoms with E-state index in [4.69, 9.17) is 10.5 Å². The van der Waals surface area contributed by atoms with Crippen molar-refractivity contribution in [1.82, 2.24) is 0 Å². The maximum atomic E-state index is 5.45. The van der Waals surface area contributed by atoms with Gasteiger partial charge >= 0.3 is 0 Å². The predicted molar refractivity (Wildman–Crippen MR) is 55.1 cm³/mol. The van der Waals surface area contributed by atoms with Crippen molar-refractivity contribution in [2.45, 2.75) is 20.3 Å². The topological polar surface area (TPSA) is 35.2 Å². The van der Waals surface area contributed by atoms with E-state index in [1.165, 1.54) is 11.1 Å². The summed E-state index contributed by atoms with van der Waals surface area (Å²) in [5.74, 6) is 0.933. The van der Waals surface area contributed by atoms with Gasteiger partial charge in [0.25, 0.3) is 0 Å². The van der Waals surface area contributed by atoms with Gasteiger partial charge in [0, 0.05) is 6.54 Å². The minimum absolute atomic E-state index is 0.565. The summed E-state index contributed by atoms with van der Waals surface area (Å²) in [7, 11) is 0. The van der Waals surface area contributed by atoms with Gasteiger partial charge < -0.3 is 10.5 Å². The average molecular weight is 179 g/mol. The molecule has 0 saturated carbocycles. The molecule has 2 heteroatoms. The second kappa shape index (κ2) is 4.87. The summed E-state index contributed by atoms with van der Waals surface area (Å²) in [6.07, 6.45) is 1.04. The van der Waals surface area contributed by atoms with E-state index in [-0.39, 0.29) is 0 Å². The third-order valence-electron chi connectivity index (χ3n) is 1.91. The van der Waals surface area contributed by atoms with Gasteiger partial charge in [0.1, 0.15) is 12.4 Å². The summed E-state index contributed by atoms with van der Waals surface area (Å²) in [5, 5.41) is 0. The molecule has 0 fully saturated rings. The summed E-state index contributed by atoms with van der Waals surface area (Å²) in [6.45, 7) is 5.37. The van der Waals surface area contributed by atoms with E-state index in [0.717, 1.165) is 12.2 Å². The number of nitrogens with two attached hydrogens (primary N) is 1. The first-order chi connectivity index (χ1) is 6.26. The molecule has 72 valence electrons. The number of aryl methyl sites for hydroxylation is 2. The first-order valence-electron chi connectivity index (χ1n) is 4.69. The van der Waals surface area contributed by atoms with Crippen molar-refractivity contribution < 1.29 is 4.74 Å². The van der Waals surface area contributed by atoms with Gasteiger partial charge in [0.15, 0.2) is 0 Å². The first kappa shape index (κ1) is 10.1. The fourth-order valence-electron chi connectivity index (χ4n) is 1.29. The Morgan fingerprint density at radius 3 is 2.69 bits per heavy atom. The third-order valence-corrected chi connectivity index (χ3v) is 1.91. The van der Waals surface area contributed by atoms with Crippen molar-refractivity contribution in [1.29, 1.82) is 0 Å². The Labute approximate surface area is 79.7 Å². The molecule has 0 aliphatic heterocycles. The minimum Gasteiger partial charge on any atom is -0.492 e. The SMILES string of the molecule is CCc1cc(C)cc(OCCN)c1. The van der Waals surface area contributed by atoms with Crippen molar-refractivity contribution in [3.05, 3.63) is 29.3 Å². The summed E-state index contributed by atoms with van der Waals surface area (Å²) < 4.78 is 5.45. The fourth-order valence-corrected chi connectivity index (χ4v) is 1.29. The zero-order chi connectivity index (χ0) is 9.68. The van der Waals surface area contributed by atoms with Crippen LogP contribution in [0, 0.1) is 6.92 Å². The van der Waals surface area contributed by atoms with Crippen LogP contribution in [0.25, 0.3) is 0 Å². The van der Waals surface area contributed by atoms with Gasteiger partial charge in [0.2, 0.25) is 0 Å². The number of benzene rings is 1. The van der Waals surface area contributed by atoms with Crippen molar-refractivity contribution in [3.63, 3.8) is 0 Å². The molecule has 0 heterocycles. The van der Waals surface area contributed by atoms with Crippen molar-refractivity contribution in [2.75, 3.05) is 13.2 Å². The molecule has 0 atom stereocenters. The molecule has 0 saturated heterocycles. The van der Waals surface area contributed by atoms with Crippen molar-refractivity contribution in [2.24, 2.45) is 5.73 Å². The largest absolute Gasteiger partial charge is 0.492 e. The van der Waals surface area contributed by atoms with Crippen LogP contribution in [0.1, 0.15) is 18.1 Å². The molecule has 1 aromatic carbocycles. The van der Waals surface area contributed by atoms with Gasteiger partial charge in [-0.05, 0) is 36.6 Å². The van der Waals surface area contributed by atoms with Crippen LogP contribution >= 0.6 is 0 Å². The Bertz CT molecular complexity index is 271. The molecule has 0 aliphatic carbocycles. The number of hydrogen-bond acceptors (Lipinski definition) is 2. The van der Waals surface area contributed by atoms with Gasteiger partial charge in [-0.2, -0.15) is 0 Å². The number of hydrogen-bond donors (Lipinski definition) is 1. The molecule has 1 rings (SSSR count). The second-order valence-electron chi connectivity index (χ2n) is 3.15. The highest BCUT2D eigenvalue weighted by Gasteiger charge is 1.97. The maximum Gasteiger partial charge on any atom is 0.119 e. The molecule has 0 bridgehead atoms. The molecule has 13 heavy (non-hydrogen) atoms. The van der Waals surface area contributed by atoms with Gasteiger partial charge in [0.05, 0.1) is 0 Å². The molecule has 0 aliphatic rings. The lowest BCUT2D eigenvalue weighted by atomic mass is 10.1. The monoisotopic (exact) mass is 179 g/mol. The van der Waals surface area contributed by atoms with Crippen LogP contribution in [-0.2, 0) is 6.42 Å². The normalized spacial score (nSPS) is 10.1. The van der Waals surface area contributed by atoms with E-state index in [1.807, 2.05) is 6.07 Å². The smallest absolute Gasteiger partial charge is 0.119 e. The van der Waals surface area contributed by atoms with E-state index in [0.29, 0.717) is 13.2 Å². The van der Waals surface area contributed by atoms with Crippen LogP contribution in [0.5, 0.6) is 5.75 Å². The quantitative estimate of drug-likeness (QED) is 0.766. The van der Waals surface area contributed by atoms with Crippen molar-refractivity contribution >= 4 is 0 Å². The van der Waals surface area contributed by atoms with Crippen LogP contribution in [0.4, 0.5) is 0 Å².